The molecule has 0 atom stereocenters. The van der Waals surface area contributed by atoms with Gasteiger partial charge in [0.05, 0.1) is 6.61 Å². The third kappa shape index (κ3) is 3.54. The molecule has 0 bridgehead atoms. The van der Waals surface area contributed by atoms with Crippen molar-refractivity contribution >= 4 is 0 Å². The Hall–Kier alpha value is -1.88. The van der Waals surface area contributed by atoms with Crippen molar-refractivity contribution in [2.45, 2.75) is 39.4 Å². The van der Waals surface area contributed by atoms with Crippen molar-refractivity contribution in [3.8, 4) is 5.75 Å². The molecule has 0 amide bonds. The van der Waals surface area contributed by atoms with Gasteiger partial charge >= 0.3 is 0 Å². The Balaban J connectivity index is 1.96. The monoisotopic (exact) mass is 262 g/mol. The first-order valence-electron chi connectivity index (χ1n) is 6.15. The first-order chi connectivity index (χ1) is 8.99. The molecule has 0 aliphatic carbocycles. The summed E-state index contributed by atoms with van der Waals surface area (Å²) < 4.78 is 10.7. The largest absolute Gasteiger partial charge is 0.484 e. The number of benzene rings is 1. The average Bonchev–Trinajstić information content (AvgIpc) is 2.86. The predicted octanol–water partition coefficient (Wildman–Crippen LogP) is 2.44. The molecule has 19 heavy (non-hydrogen) atoms. The molecule has 5 heteroatoms. The Morgan fingerprint density at radius 1 is 1.21 bits per heavy atom. The summed E-state index contributed by atoms with van der Waals surface area (Å²) in [5.74, 6) is 1.82. The van der Waals surface area contributed by atoms with Crippen molar-refractivity contribution in [2.24, 2.45) is 0 Å². The number of rotatable bonds is 4. The van der Waals surface area contributed by atoms with Crippen molar-refractivity contribution in [3.63, 3.8) is 0 Å². The lowest BCUT2D eigenvalue weighted by Gasteiger charge is -2.10. The van der Waals surface area contributed by atoms with E-state index in [-0.39, 0.29) is 18.6 Å². The quantitative estimate of drug-likeness (QED) is 0.916. The maximum atomic E-state index is 8.94. The molecule has 1 heterocycles. The van der Waals surface area contributed by atoms with E-state index in [9.17, 15) is 0 Å². The van der Waals surface area contributed by atoms with Gasteiger partial charge in [0, 0.05) is 5.41 Å². The van der Waals surface area contributed by atoms with E-state index in [0.717, 1.165) is 5.56 Å². The lowest BCUT2D eigenvalue weighted by Crippen LogP contribution is -2.13. The number of aliphatic hydroxyl groups excluding tert-OH is 1. The summed E-state index contributed by atoms with van der Waals surface area (Å²) in [4.78, 5) is 4.29. The van der Waals surface area contributed by atoms with Gasteiger partial charge in [-0.2, -0.15) is 4.98 Å². The van der Waals surface area contributed by atoms with E-state index in [0.29, 0.717) is 17.5 Å². The third-order valence-corrected chi connectivity index (χ3v) is 2.61. The fraction of sp³-hybridized carbons (Fsp3) is 0.429. The van der Waals surface area contributed by atoms with Gasteiger partial charge in [0.2, 0.25) is 0 Å². The van der Waals surface area contributed by atoms with Gasteiger partial charge in [-0.1, -0.05) is 38.1 Å². The van der Waals surface area contributed by atoms with Crippen molar-refractivity contribution in [3.05, 3.63) is 41.5 Å². The molecule has 2 rings (SSSR count). The second-order valence-corrected chi connectivity index (χ2v) is 5.35. The summed E-state index contributed by atoms with van der Waals surface area (Å²) in [5, 5.41) is 12.9. The van der Waals surface area contributed by atoms with Gasteiger partial charge in [0.25, 0.3) is 5.89 Å². The van der Waals surface area contributed by atoms with Crippen LogP contribution in [-0.4, -0.2) is 15.2 Å². The molecule has 1 N–H and O–H groups in total. The Morgan fingerprint density at radius 3 is 2.42 bits per heavy atom. The zero-order valence-electron chi connectivity index (χ0n) is 11.4. The summed E-state index contributed by atoms with van der Waals surface area (Å²) in [6, 6.07) is 7.21. The van der Waals surface area contributed by atoms with Crippen LogP contribution in [0.2, 0.25) is 0 Å². The summed E-state index contributed by atoms with van der Waals surface area (Å²) in [7, 11) is 0. The second kappa shape index (κ2) is 5.40. The number of ether oxygens (including phenoxy) is 1. The number of nitrogens with zero attached hydrogens (tertiary/aromatic N) is 2. The van der Waals surface area contributed by atoms with Crippen molar-refractivity contribution in [1.29, 1.82) is 0 Å². The minimum absolute atomic E-state index is 0.0267. The van der Waals surface area contributed by atoms with Crippen LogP contribution >= 0.6 is 0 Å². The van der Waals surface area contributed by atoms with E-state index in [1.54, 1.807) is 12.1 Å². The van der Waals surface area contributed by atoms with Crippen LogP contribution in [0, 0.1) is 0 Å². The van der Waals surface area contributed by atoms with E-state index in [1.807, 2.05) is 32.9 Å². The van der Waals surface area contributed by atoms with E-state index in [4.69, 9.17) is 14.4 Å². The number of aromatic nitrogens is 2. The second-order valence-electron chi connectivity index (χ2n) is 5.35. The van der Waals surface area contributed by atoms with Gasteiger partial charge < -0.3 is 14.4 Å². The Bertz CT molecular complexity index is 526. The number of hydrogen-bond acceptors (Lipinski definition) is 5. The highest BCUT2D eigenvalue weighted by molar-refractivity contribution is 5.26. The molecule has 0 unspecified atom stereocenters. The molecule has 0 aliphatic heterocycles. The van der Waals surface area contributed by atoms with Crippen LogP contribution in [0.4, 0.5) is 0 Å². The SMILES string of the molecule is CC(C)(C)c1noc(COc2ccc(CO)cc2)n1. The molecule has 0 radical (unpaired) electrons. The first-order valence-corrected chi connectivity index (χ1v) is 6.15. The molecule has 102 valence electrons. The zero-order valence-corrected chi connectivity index (χ0v) is 11.4. The minimum atomic E-state index is -0.134. The van der Waals surface area contributed by atoms with E-state index in [1.165, 1.54) is 0 Å². The summed E-state index contributed by atoms with van der Waals surface area (Å²) in [6.07, 6.45) is 0. The third-order valence-electron chi connectivity index (χ3n) is 2.61. The molecule has 0 spiro atoms. The molecular formula is C14H18N2O3. The average molecular weight is 262 g/mol. The maximum Gasteiger partial charge on any atom is 0.264 e. The highest BCUT2D eigenvalue weighted by Crippen LogP contribution is 2.19. The molecule has 0 saturated heterocycles. The number of hydrogen-bond donors (Lipinski definition) is 1. The fourth-order valence-corrected chi connectivity index (χ4v) is 1.45. The normalized spacial score (nSPS) is 11.6. The Labute approximate surface area is 112 Å². The van der Waals surface area contributed by atoms with Crippen LogP contribution in [-0.2, 0) is 18.6 Å². The van der Waals surface area contributed by atoms with Crippen LogP contribution in [0.3, 0.4) is 0 Å². The van der Waals surface area contributed by atoms with E-state index >= 15 is 0 Å². The van der Waals surface area contributed by atoms with Gasteiger partial charge in [-0.05, 0) is 17.7 Å². The van der Waals surface area contributed by atoms with Crippen LogP contribution in [0.25, 0.3) is 0 Å². The molecule has 0 fully saturated rings. The lowest BCUT2D eigenvalue weighted by atomic mass is 9.96. The Kier molecular flexibility index (Phi) is 3.85. The highest BCUT2D eigenvalue weighted by Gasteiger charge is 2.20. The standard InChI is InChI=1S/C14H18N2O3/c1-14(2,3)13-15-12(19-16-13)9-18-11-6-4-10(8-17)5-7-11/h4-7,17H,8-9H2,1-3H3. The molecular weight excluding hydrogens is 244 g/mol. The zero-order chi connectivity index (χ0) is 13.9. The van der Waals surface area contributed by atoms with Gasteiger partial charge in [0.15, 0.2) is 12.4 Å². The summed E-state index contributed by atoms with van der Waals surface area (Å²) >= 11 is 0. The lowest BCUT2D eigenvalue weighted by molar-refractivity contribution is 0.241. The van der Waals surface area contributed by atoms with Crippen molar-refractivity contribution < 1.29 is 14.4 Å². The van der Waals surface area contributed by atoms with Crippen LogP contribution in [0.1, 0.15) is 38.0 Å². The van der Waals surface area contributed by atoms with E-state index < -0.39 is 0 Å². The van der Waals surface area contributed by atoms with Gasteiger partial charge in [-0.25, -0.2) is 0 Å². The van der Waals surface area contributed by atoms with Gasteiger partial charge in [0.1, 0.15) is 5.75 Å². The molecule has 0 aliphatic rings. The van der Waals surface area contributed by atoms with Crippen molar-refractivity contribution in [1.82, 2.24) is 10.1 Å². The molecule has 5 nitrogen and oxygen atoms in total. The van der Waals surface area contributed by atoms with Gasteiger partial charge in [-0.15, -0.1) is 0 Å². The summed E-state index contributed by atoms with van der Waals surface area (Å²) in [6.45, 7) is 6.34. The predicted molar refractivity (Wildman–Crippen MR) is 69.7 cm³/mol. The molecule has 1 aromatic heterocycles. The van der Waals surface area contributed by atoms with Crippen LogP contribution in [0.15, 0.2) is 28.8 Å². The molecule has 0 saturated carbocycles. The maximum absolute atomic E-state index is 8.94. The Morgan fingerprint density at radius 2 is 1.89 bits per heavy atom. The number of aliphatic hydroxyl groups is 1. The van der Waals surface area contributed by atoms with Gasteiger partial charge in [-0.3, -0.25) is 0 Å². The summed E-state index contributed by atoms with van der Waals surface area (Å²) in [5.41, 5.74) is 0.713. The molecule has 2 aromatic rings. The first kappa shape index (κ1) is 13.5. The van der Waals surface area contributed by atoms with Crippen LogP contribution in [0.5, 0.6) is 5.75 Å². The topological polar surface area (TPSA) is 68.4 Å². The highest BCUT2D eigenvalue weighted by atomic mass is 16.5. The minimum Gasteiger partial charge on any atom is -0.484 e. The fourth-order valence-electron chi connectivity index (χ4n) is 1.45. The smallest absolute Gasteiger partial charge is 0.264 e. The van der Waals surface area contributed by atoms with E-state index in [2.05, 4.69) is 10.1 Å². The molecule has 1 aromatic carbocycles. The van der Waals surface area contributed by atoms with Crippen molar-refractivity contribution in [2.75, 3.05) is 0 Å². The van der Waals surface area contributed by atoms with Crippen LogP contribution < -0.4 is 4.74 Å².